The van der Waals surface area contributed by atoms with E-state index in [2.05, 4.69) is 4.90 Å². The Hall–Kier alpha value is -3.92. The molecular weight excluding hydrogens is 606 g/mol. The van der Waals surface area contributed by atoms with Crippen molar-refractivity contribution in [3.05, 3.63) is 101 Å². The van der Waals surface area contributed by atoms with Gasteiger partial charge in [0.15, 0.2) is 6.29 Å². The zero-order valence-corrected chi connectivity index (χ0v) is 27.6. The summed E-state index contributed by atoms with van der Waals surface area (Å²) in [5.41, 5.74) is 3.46. The van der Waals surface area contributed by atoms with Crippen LogP contribution in [0.2, 0.25) is 0 Å². The first-order valence-corrected chi connectivity index (χ1v) is 17.7. The molecule has 0 spiro atoms. The van der Waals surface area contributed by atoms with Gasteiger partial charge in [0.2, 0.25) is 0 Å². The highest BCUT2D eigenvalue weighted by Gasteiger charge is 2.43. The van der Waals surface area contributed by atoms with Crippen molar-refractivity contribution in [3.8, 4) is 5.75 Å². The maximum absolute atomic E-state index is 13.7. The summed E-state index contributed by atoms with van der Waals surface area (Å²) in [5, 5.41) is 10.6. The largest absolute Gasteiger partial charge is 0.489 e. The summed E-state index contributed by atoms with van der Waals surface area (Å²) in [6, 6.07) is 25.2. The molecule has 8 rings (SSSR count). The number of carboxylic acid groups (broad SMARTS) is 1. The van der Waals surface area contributed by atoms with Crippen molar-refractivity contribution in [1.82, 2.24) is 14.7 Å². The Morgan fingerprint density at radius 2 is 1.58 bits per heavy atom. The zero-order valence-electron chi connectivity index (χ0n) is 27.6. The first-order chi connectivity index (χ1) is 23.5. The van der Waals surface area contributed by atoms with Gasteiger partial charge in [-0.1, -0.05) is 67.4 Å². The van der Waals surface area contributed by atoms with Crippen LogP contribution in [0.25, 0.3) is 0 Å². The number of rotatable bonds is 12. The lowest BCUT2D eigenvalue weighted by Crippen LogP contribution is -2.59. The molecule has 2 bridgehead atoms. The SMILES string of the molecule is O=C(c1ccc(COc2cccc(C(c3ccccc3)N(C(=O)O)[C@H]3CN4CCC3CC4)c2)cc1)N(CCC1OCCO1)C1CCCC1. The van der Waals surface area contributed by atoms with Gasteiger partial charge in [-0.05, 0) is 85.6 Å². The van der Waals surface area contributed by atoms with Gasteiger partial charge in [0.25, 0.3) is 5.91 Å². The van der Waals surface area contributed by atoms with E-state index in [0.717, 1.165) is 74.8 Å². The molecule has 9 nitrogen and oxygen atoms in total. The number of hydrogen-bond acceptors (Lipinski definition) is 6. The van der Waals surface area contributed by atoms with Crippen molar-refractivity contribution in [2.24, 2.45) is 5.92 Å². The van der Waals surface area contributed by atoms with E-state index in [0.29, 0.717) is 50.0 Å². The highest BCUT2D eigenvalue weighted by molar-refractivity contribution is 5.94. The Balaban J connectivity index is 1.05. The first-order valence-electron chi connectivity index (χ1n) is 17.7. The van der Waals surface area contributed by atoms with Crippen LogP contribution in [-0.2, 0) is 16.1 Å². The lowest BCUT2D eigenvalue weighted by atomic mass is 9.81. The number of nitrogens with zero attached hydrogens (tertiary/aromatic N) is 3. The third kappa shape index (κ3) is 7.38. The second kappa shape index (κ2) is 15.1. The fourth-order valence-electron chi connectivity index (χ4n) is 8.18. The quantitative estimate of drug-likeness (QED) is 0.236. The van der Waals surface area contributed by atoms with Gasteiger partial charge in [0, 0.05) is 31.1 Å². The number of ether oxygens (including phenoxy) is 3. The molecule has 1 unspecified atom stereocenters. The van der Waals surface area contributed by atoms with E-state index in [4.69, 9.17) is 14.2 Å². The van der Waals surface area contributed by atoms with Gasteiger partial charge in [-0.15, -0.1) is 0 Å². The first kappa shape index (κ1) is 32.6. The van der Waals surface area contributed by atoms with Crippen LogP contribution in [0.1, 0.15) is 78.0 Å². The molecule has 48 heavy (non-hydrogen) atoms. The van der Waals surface area contributed by atoms with E-state index in [1.165, 1.54) is 0 Å². The average molecular weight is 654 g/mol. The summed E-state index contributed by atoms with van der Waals surface area (Å²) in [5.74, 6) is 1.10. The third-order valence-electron chi connectivity index (χ3n) is 10.7. The molecule has 5 fully saturated rings. The van der Waals surface area contributed by atoms with Crippen LogP contribution in [0.3, 0.4) is 0 Å². The second-order valence-electron chi connectivity index (χ2n) is 13.7. The topological polar surface area (TPSA) is 91.8 Å². The van der Waals surface area contributed by atoms with Gasteiger partial charge in [0.05, 0.1) is 25.3 Å². The number of amides is 2. The summed E-state index contributed by atoms with van der Waals surface area (Å²) in [7, 11) is 0. The molecule has 0 aromatic heterocycles. The van der Waals surface area contributed by atoms with E-state index in [1.807, 2.05) is 83.8 Å². The highest BCUT2D eigenvalue weighted by Crippen LogP contribution is 2.39. The van der Waals surface area contributed by atoms with Gasteiger partial charge < -0.3 is 29.1 Å². The van der Waals surface area contributed by atoms with Crippen molar-refractivity contribution in [1.29, 1.82) is 0 Å². The van der Waals surface area contributed by atoms with Crippen LogP contribution in [0.5, 0.6) is 5.75 Å². The number of carbonyl (C=O) groups excluding carboxylic acids is 1. The van der Waals surface area contributed by atoms with E-state index in [1.54, 1.807) is 4.90 Å². The molecule has 4 heterocycles. The predicted molar refractivity (Wildman–Crippen MR) is 182 cm³/mol. The van der Waals surface area contributed by atoms with Crippen molar-refractivity contribution >= 4 is 12.0 Å². The Labute approximate surface area is 283 Å². The van der Waals surface area contributed by atoms with Crippen LogP contribution in [-0.4, -0.2) is 89.6 Å². The molecule has 9 heteroatoms. The monoisotopic (exact) mass is 653 g/mol. The number of fused-ring (bicyclic) bond motifs is 3. The van der Waals surface area contributed by atoms with Crippen LogP contribution in [0.4, 0.5) is 4.79 Å². The van der Waals surface area contributed by atoms with Crippen molar-refractivity contribution in [2.75, 3.05) is 39.4 Å². The molecule has 4 aliphatic heterocycles. The van der Waals surface area contributed by atoms with Crippen molar-refractivity contribution < 1.29 is 28.9 Å². The molecule has 4 saturated heterocycles. The number of piperidine rings is 3. The maximum Gasteiger partial charge on any atom is 0.408 e. The van der Waals surface area contributed by atoms with Gasteiger partial charge in [-0.25, -0.2) is 4.79 Å². The van der Waals surface area contributed by atoms with E-state index < -0.39 is 12.1 Å². The molecule has 2 amide bonds. The molecule has 3 aromatic rings. The smallest absolute Gasteiger partial charge is 0.408 e. The molecule has 5 aliphatic rings. The Morgan fingerprint density at radius 1 is 0.875 bits per heavy atom. The summed E-state index contributed by atoms with van der Waals surface area (Å²) in [4.78, 5) is 32.8. The van der Waals surface area contributed by atoms with Gasteiger partial charge >= 0.3 is 6.09 Å². The summed E-state index contributed by atoms with van der Waals surface area (Å²) < 4.78 is 17.5. The lowest BCUT2D eigenvalue weighted by molar-refractivity contribution is -0.0516. The van der Waals surface area contributed by atoms with Crippen molar-refractivity contribution in [2.45, 2.75) is 76.0 Å². The van der Waals surface area contributed by atoms with Crippen LogP contribution >= 0.6 is 0 Å². The van der Waals surface area contributed by atoms with Crippen molar-refractivity contribution in [3.63, 3.8) is 0 Å². The minimum Gasteiger partial charge on any atom is -0.489 e. The summed E-state index contributed by atoms with van der Waals surface area (Å²) in [6.07, 6.45) is 6.02. The summed E-state index contributed by atoms with van der Waals surface area (Å²) >= 11 is 0. The predicted octanol–water partition coefficient (Wildman–Crippen LogP) is 6.58. The molecule has 1 saturated carbocycles. The number of hydrogen-bond donors (Lipinski definition) is 1. The maximum atomic E-state index is 13.7. The van der Waals surface area contributed by atoms with Gasteiger partial charge in [-0.3, -0.25) is 9.69 Å². The Morgan fingerprint density at radius 3 is 2.25 bits per heavy atom. The third-order valence-corrected chi connectivity index (χ3v) is 10.7. The standard InChI is InChI=1S/C39H47N3O6/c43-38(41(33-10-4-5-11-33)22-19-36-46-23-24-47-36)31-15-13-28(14-16-31)27-48-34-12-6-9-32(25-34)37(30-7-2-1-3-8-30)42(39(44)45)35-26-40-20-17-29(35)18-21-40/h1-3,6-9,12-16,25,29,33,35-37H,4-5,10-11,17-24,26-27H2,(H,44,45)/t35-,37?/m0/s1. The Kier molecular flexibility index (Phi) is 10.3. The molecule has 0 radical (unpaired) electrons. The minimum atomic E-state index is -0.893. The second-order valence-corrected chi connectivity index (χ2v) is 13.7. The highest BCUT2D eigenvalue weighted by atomic mass is 16.7. The molecular formula is C39H47N3O6. The normalized spacial score (nSPS) is 23.2. The number of carbonyl (C=O) groups is 2. The van der Waals surface area contributed by atoms with Crippen LogP contribution in [0, 0.1) is 5.92 Å². The van der Waals surface area contributed by atoms with Gasteiger partial charge in [0.1, 0.15) is 12.4 Å². The Bertz CT molecular complexity index is 1510. The van der Waals surface area contributed by atoms with Crippen LogP contribution in [0.15, 0.2) is 78.9 Å². The number of benzene rings is 3. The average Bonchev–Trinajstić information content (AvgIpc) is 3.86. The fraction of sp³-hybridized carbons (Fsp3) is 0.487. The van der Waals surface area contributed by atoms with E-state index >= 15 is 0 Å². The summed E-state index contributed by atoms with van der Waals surface area (Å²) in [6.45, 7) is 5.06. The zero-order chi connectivity index (χ0) is 32.9. The molecule has 1 N–H and O–H groups in total. The molecule has 2 atom stereocenters. The molecule has 3 aromatic carbocycles. The molecule has 254 valence electrons. The molecule has 1 aliphatic carbocycles. The van der Waals surface area contributed by atoms with Gasteiger partial charge in [-0.2, -0.15) is 0 Å². The lowest BCUT2D eigenvalue weighted by Gasteiger charge is -2.50. The van der Waals surface area contributed by atoms with E-state index in [9.17, 15) is 14.7 Å². The minimum absolute atomic E-state index is 0.0537. The van der Waals surface area contributed by atoms with Crippen LogP contribution < -0.4 is 4.74 Å². The van der Waals surface area contributed by atoms with E-state index in [-0.39, 0.29) is 24.3 Å². The fourth-order valence-corrected chi connectivity index (χ4v) is 8.18.